The lowest BCUT2D eigenvalue weighted by Gasteiger charge is -2.36. The molecule has 1 N–H and O–H groups in total. The van der Waals surface area contributed by atoms with Crippen molar-refractivity contribution in [3.05, 3.63) is 124 Å². The zero-order valence-electron chi connectivity index (χ0n) is 21.6. The number of piperidine rings is 1. The van der Waals surface area contributed by atoms with E-state index in [-0.39, 0.29) is 5.92 Å². The van der Waals surface area contributed by atoms with Crippen molar-refractivity contribution in [3.63, 3.8) is 0 Å². The van der Waals surface area contributed by atoms with Gasteiger partial charge in [0.05, 0.1) is 6.54 Å². The van der Waals surface area contributed by atoms with Crippen LogP contribution in [0.1, 0.15) is 24.0 Å². The van der Waals surface area contributed by atoms with Crippen molar-refractivity contribution in [1.29, 1.82) is 0 Å². The summed E-state index contributed by atoms with van der Waals surface area (Å²) in [5, 5.41) is 3.73. The van der Waals surface area contributed by atoms with Crippen LogP contribution in [0.15, 0.2) is 118 Å². The molecule has 0 amide bonds. The summed E-state index contributed by atoms with van der Waals surface area (Å²) < 4.78 is 1.10. The summed E-state index contributed by atoms with van der Waals surface area (Å²) in [7, 11) is 0. The third-order valence-corrected chi connectivity index (χ3v) is 8.49. The van der Waals surface area contributed by atoms with Gasteiger partial charge >= 0.3 is 0 Å². The van der Waals surface area contributed by atoms with Gasteiger partial charge in [0.1, 0.15) is 0 Å². The van der Waals surface area contributed by atoms with Gasteiger partial charge in [-0.15, -0.1) is 0 Å². The molecule has 1 fully saturated rings. The number of aromatic nitrogens is 1. The average Bonchev–Trinajstić information content (AvgIpc) is 2.98. The largest absolute Gasteiger partial charge is 0.384 e. The zero-order valence-corrected chi connectivity index (χ0v) is 23.1. The summed E-state index contributed by atoms with van der Waals surface area (Å²) in [6, 6.07) is 23.8. The van der Waals surface area contributed by atoms with Gasteiger partial charge in [0.15, 0.2) is 0 Å². The lowest BCUT2D eigenvalue weighted by atomic mass is 9.80. The van der Waals surface area contributed by atoms with Gasteiger partial charge in [-0.1, -0.05) is 66.7 Å². The normalized spacial score (nSPS) is 21.5. The van der Waals surface area contributed by atoms with E-state index in [4.69, 9.17) is 0 Å². The summed E-state index contributed by atoms with van der Waals surface area (Å²) >= 11 is 3.79. The van der Waals surface area contributed by atoms with Crippen LogP contribution in [0.4, 0.5) is 0 Å². The second kappa shape index (κ2) is 11.6. The highest BCUT2D eigenvalue weighted by atomic mass is 79.9. The van der Waals surface area contributed by atoms with Crippen LogP contribution in [-0.4, -0.2) is 35.7 Å². The van der Waals surface area contributed by atoms with Gasteiger partial charge < -0.3 is 5.32 Å². The van der Waals surface area contributed by atoms with Crippen molar-refractivity contribution in [2.75, 3.05) is 19.6 Å². The molecule has 3 aromatic rings. The molecule has 2 atom stereocenters. The summed E-state index contributed by atoms with van der Waals surface area (Å²) in [5.74, 6) is 0.799. The molecular formula is C33H33BrN4. The number of fused-ring (bicyclic) bond motifs is 1. The number of hydrogen-bond donors (Lipinski definition) is 1. The van der Waals surface area contributed by atoms with Crippen molar-refractivity contribution < 1.29 is 0 Å². The van der Waals surface area contributed by atoms with Gasteiger partial charge in [-0.05, 0) is 86.8 Å². The minimum absolute atomic E-state index is 0.276. The molecule has 4 nitrogen and oxygen atoms in total. The summed E-state index contributed by atoms with van der Waals surface area (Å²) in [5.41, 5.74) is 9.17. The molecule has 5 heteroatoms. The number of likely N-dealkylation sites (tertiary alicyclic amines) is 1. The minimum atomic E-state index is 0.276. The fraction of sp³-hybridized carbons (Fsp3) is 0.273. The molecule has 0 saturated carbocycles. The molecule has 192 valence electrons. The van der Waals surface area contributed by atoms with Gasteiger partial charge in [0.2, 0.25) is 0 Å². The Labute approximate surface area is 234 Å². The topological polar surface area (TPSA) is 40.5 Å². The van der Waals surface area contributed by atoms with E-state index in [2.05, 4.69) is 109 Å². The molecule has 1 aliphatic carbocycles. The molecule has 3 aliphatic rings. The first kappa shape index (κ1) is 25.0. The average molecular weight is 566 g/mol. The maximum Gasteiger partial charge on any atom is 0.0513 e. The molecule has 0 bridgehead atoms. The molecule has 2 aromatic carbocycles. The SMILES string of the molecule is BrC1=C2C=C(C3CCCN(Cc4ccc(-c5ccccc5)cc4)C3)C=C(NCc3cccnc3)C2CN=C1. The molecular weight excluding hydrogens is 532 g/mol. The van der Waals surface area contributed by atoms with Crippen LogP contribution in [0.3, 0.4) is 0 Å². The van der Waals surface area contributed by atoms with Crippen LogP contribution in [0.5, 0.6) is 0 Å². The number of aliphatic imine (C=N–C) groups is 1. The fourth-order valence-corrected chi connectivity index (χ4v) is 6.33. The number of allylic oxidation sites excluding steroid dienone is 3. The van der Waals surface area contributed by atoms with Crippen LogP contribution < -0.4 is 5.32 Å². The van der Waals surface area contributed by atoms with E-state index >= 15 is 0 Å². The van der Waals surface area contributed by atoms with Crippen LogP contribution in [0.25, 0.3) is 11.1 Å². The van der Waals surface area contributed by atoms with E-state index < -0.39 is 0 Å². The highest BCUT2D eigenvalue weighted by Crippen LogP contribution is 2.38. The highest BCUT2D eigenvalue weighted by Gasteiger charge is 2.30. The molecule has 2 aliphatic heterocycles. The first-order chi connectivity index (χ1) is 18.7. The Hall–Kier alpha value is -3.28. The molecule has 6 rings (SSSR count). The number of pyridine rings is 1. The number of nitrogens with one attached hydrogen (secondary N) is 1. The summed E-state index contributed by atoms with van der Waals surface area (Å²) in [6.07, 6.45) is 13.0. The van der Waals surface area contributed by atoms with Crippen LogP contribution in [0.2, 0.25) is 0 Å². The van der Waals surface area contributed by atoms with Crippen molar-refractivity contribution in [2.45, 2.75) is 25.9 Å². The van der Waals surface area contributed by atoms with E-state index in [0.29, 0.717) is 5.92 Å². The van der Waals surface area contributed by atoms with Crippen molar-refractivity contribution in [1.82, 2.24) is 15.2 Å². The second-order valence-corrected chi connectivity index (χ2v) is 11.3. The Morgan fingerprint density at radius 1 is 0.921 bits per heavy atom. The van der Waals surface area contributed by atoms with Crippen molar-refractivity contribution >= 4 is 22.1 Å². The maximum atomic E-state index is 4.61. The maximum absolute atomic E-state index is 4.61. The molecule has 1 aromatic heterocycles. The number of dihydropyridines is 1. The van der Waals surface area contributed by atoms with Crippen molar-refractivity contribution in [2.24, 2.45) is 16.8 Å². The van der Waals surface area contributed by atoms with Gasteiger partial charge in [0, 0.05) is 54.3 Å². The summed E-state index contributed by atoms with van der Waals surface area (Å²) in [4.78, 5) is 11.5. The van der Waals surface area contributed by atoms with Gasteiger partial charge in [-0.3, -0.25) is 14.9 Å². The van der Waals surface area contributed by atoms with Crippen LogP contribution in [0, 0.1) is 11.8 Å². The smallest absolute Gasteiger partial charge is 0.0513 e. The van der Waals surface area contributed by atoms with Gasteiger partial charge in [-0.25, -0.2) is 0 Å². The number of rotatable bonds is 7. The Balaban J connectivity index is 1.17. The zero-order chi connectivity index (χ0) is 25.7. The van der Waals surface area contributed by atoms with E-state index in [1.54, 1.807) is 0 Å². The molecule has 0 radical (unpaired) electrons. The molecule has 0 spiro atoms. The third-order valence-electron chi connectivity index (χ3n) is 7.83. The lowest BCUT2D eigenvalue weighted by molar-refractivity contribution is 0.185. The lowest BCUT2D eigenvalue weighted by Crippen LogP contribution is -2.36. The molecule has 2 unspecified atom stereocenters. The first-order valence-corrected chi connectivity index (χ1v) is 14.3. The molecule has 3 heterocycles. The Bertz CT molecular complexity index is 1370. The Morgan fingerprint density at radius 2 is 1.76 bits per heavy atom. The van der Waals surface area contributed by atoms with Crippen LogP contribution in [-0.2, 0) is 13.1 Å². The standard InChI is InChI=1S/C33H33BrN4/c34-32-21-36-20-31-30(32)16-29(17-33(31)37-19-25-6-4-14-35-18-25)28-9-5-15-38(23-28)22-24-10-12-27(13-11-24)26-7-2-1-3-8-26/h1-4,6-8,10-14,16-18,21,28,31,37H,5,9,15,19-20,22-23H2. The molecule has 1 saturated heterocycles. The number of nitrogens with zero attached hydrogens (tertiary/aromatic N) is 3. The van der Waals surface area contributed by atoms with E-state index in [1.165, 1.54) is 51.9 Å². The third kappa shape index (κ3) is 5.74. The van der Waals surface area contributed by atoms with E-state index in [1.807, 2.05) is 24.7 Å². The number of halogens is 1. The number of benzene rings is 2. The first-order valence-electron chi connectivity index (χ1n) is 13.5. The minimum Gasteiger partial charge on any atom is -0.384 e. The summed E-state index contributed by atoms with van der Waals surface area (Å²) in [6.45, 7) is 4.80. The Morgan fingerprint density at radius 3 is 2.58 bits per heavy atom. The van der Waals surface area contributed by atoms with Crippen molar-refractivity contribution in [3.8, 4) is 11.1 Å². The highest BCUT2D eigenvalue weighted by molar-refractivity contribution is 9.12. The Kier molecular flexibility index (Phi) is 7.66. The van der Waals surface area contributed by atoms with Crippen LogP contribution >= 0.6 is 15.9 Å². The predicted octanol–water partition coefficient (Wildman–Crippen LogP) is 6.92. The predicted molar refractivity (Wildman–Crippen MR) is 160 cm³/mol. The quantitative estimate of drug-likeness (QED) is 0.338. The number of hydrogen-bond acceptors (Lipinski definition) is 4. The molecule has 38 heavy (non-hydrogen) atoms. The van der Waals surface area contributed by atoms with E-state index in [9.17, 15) is 0 Å². The van der Waals surface area contributed by atoms with Gasteiger partial charge in [0.25, 0.3) is 0 Å². The monoisotopic (exact) mass is 564 g/mol. The van der Waals surface area contributed by atoms with E-state index in [0.717, 1.165) is 37.2 Å². The second-order valence-electron chi connectivity index (χ2n) is 10.4. The fourth-order valence-electron chi connectivity index (χ4n) is 5.79. The van der Waals surface area contributed by atoms with Gasteiger partial charge in [-0.2, -0.15) is 0 Å².